The van der Waals surface area contributed by atoms with E-state index >= 15 is 0 Å². The third-order valence-electron chi connectivity index (χ3n) is 2.53. The lowest BCUT2D eigenvalue weighted by Crippen LogP contribution is -2.31. The van der Waals surface area contributed by atoms with E-state index in [-0.39, 0.29) is 17.9 Å². The topological polar surface area (TPSA) is 56.0 Å². The summed E-state index contributed by atoms with van der Waals surface area (Å²) in [6, 6.07) is 7.80. The molecule has 1 rings (SSSR count). The molecule has 5 heteroatoms. The molecule has 92 valence electrons. The van der Waals surface area contributed by atoms with E-state index in [0.29, 0.717) is 5.56 Å². The van der Waals surface area contributed by atoms with Gasteiger partial charge in [0, 0.05) is 15.8 Å². The van der Waals surface area contributed by atoms with E-state index < -0.39 is 0 Å². The summed E-state index contributed by atoms with van der Waals surface area (Å²) in [6.07, 6.45) is 1.96. The quantitative estimate of drug-likeness (QED) is 0.877. The highest BCUT2D eigenvalue weighted by molar-refractivity contribution is 9.10. The predicted octanol–water partition coefficient (Wildman–Crippen LogP) is 2.85. The number of halogens is 1. The summed E-state index contributed by atoms with van der Waals surface area (Å²) in [4.78, 5) is 0. The Morgan fingerprint density at radius 3 is 2.82 bits per heavy atom. The largest absolute Gasteiger partial charge is 0.395 e. The van der Waals surface area contributed by atoms with E-state index in [9.17, 15) is 5.11 Å². The summed E-state index contributed by atoms with van der Waals surface area (Å²) in [5, 5.41) is 21.6. The van der Waals surface area contributed by atoms with Crippen LogP contribution in [-0.4, -0.2) is 29.3 Å². The van der Waals surface area contributed by atoms with Crippen LogP contribution < -0.4 is 5.32 Å². The molecular weight excluding hydrogens is 300 g/mol. The molecule has 0 amide bonds. The number of nitrogens with one attached hydrogen (secondary N) is 1. The SMILES string of the molecule is CSC(CO)C(C)Nc1ccc(Br)cc1C#N. The second-order valence-electron chi connectivity index (χ2n) is 3.69. The lowest BCUT2D eigenvalue weighted by molar-refractivity contribution is 0.288. The van der Waals surface area contributed by atoms with Gasteiger partial charge in [-0.25, -0.2) is 0 Å². The normalized spacial score (nSPS) is 13.8. The van der Waals surface area contributed by atoms with Crippen molar-refractivity contribution in [3.8, 4) is 6.07 Å². The standard InChI is InChI=1S/C12H15BrN2OS/c1-8(12(7-16)17-2)15-11-4-3-10(13)5-9(11)6-14/h3-5,8,12,15-16H,7H2,1-2H3. The fourth-order valence-electron chi connectivity index (χ4n) is 1.51. The van der Waals surface area contributed by atoms with Crippen LogP contribution in [0.15, 0.2) is 22.7 Å². The molecule has 0 heterocycles. The number of nitrogens with zero attached hydrogens (tertiary/aromatic N) is 1. The average molecular weight is 315 g/mol. The summed E-state index contributed by atoms with van der Waals surface area (Å²) in [6.45, 7) is 2.12. The summed E-state index contributed by atoms with van der Waals surface area (Å²) >= 11 is 4.95. The van der Waals surface area contributed by atoms with E-state index in [1.54, 1.807) is 17.8 Å². The van der Waals surface area contributed by atoms with Crippen molar-refractivity contribution < 1.29 is 5.11 Å². The molecule has 0 aliphatic heterocycles. The van der Waals surface area contributed by atoms with Gasteiger partial charge < -0.3 is 10.4 Å². The third kappa shape index (κ3) is 3.91. The number of hydrogen-bond acceptors (Lipinski definition) is 4. The number of benzene rings is 1. The Balaban J connectivity index is 2.85. The van der Waals surface area contributed by atoms with E-state index in [2.05, 4.69) is 27.3 Å². The number of hydrogen-bond donors (Lipinski definition) is 2. The molecule has 3 nitrogen and oxygen atoms in total. The van der Waals surface area contributed by atoms with Crippen molar-refractivity contribution >= 4 is 33.4 Å². The van der Waals surface area contributed by atoms with Gasteiger partial charge in [0.05, 0.1) is 17.9 Å². The van der Waals surface area contributed by atoms with Gasteiger partial charge in [0.2, 0.25) is 0 Å². The lowest BCUT2D eigenvalue weighted by Gasteiger charge is -2.23. The molecule has 2 N–H and O–H groups in total. The van der Waals surface area contributed by atoms with Crippen LogP contribution in [0.25, 0.3) is 0 Å². The van der Waals surface area contributed by atoms with Gasteiger partial charge in [0.25, 0.3) is 0 Å². The highest BCUT2D eigenvalue weighted by Crippen LogP contribution is 2.23. The average Bonchev–Trinajstić information content (AvgIpc) is 2.33. The first-order chi connectivity index (χ1) is 8.12. The maximum Gasteiger partial charge on any atom is 0.101 e. The number of aliphatic hydroxyl groups excluding tert-OH is 1. The molecule has 0 radical (unpaired) electrons. The second-order valence-corrected chi connectivity index (χ2v) is 5.68. The van der Waals surface area contributed by atoms with Crippen molar-refractivity contribution in [2.24, 2.45) is 0 Å². The second kappa shape index (κ2) is 6.90. The van der Waals surface area contributed by atoms with E-state index in [0.717, 1.165) is 10.2 Å². The summed E-state index contributed by atoms with van der Waals surface area (Å²) < 4.78 is 0.885. The maximum atomic E-state index is 9.21. The van der Waals surface area contributed by atoms with Crippen LogP contribution in [0.3, 0.4) is 0 Å². The number of aliphatic hydroxyl groups is 1. The molecule has 0 aliphatic rings. The Labute approximate surface area is 114 Å². The zero-order valence-electron chi connectivity index (χ0n) is 9.77. The highest BCUT2D eigenvalue weighted by Gasteiger charge is 2.16. The molecule has 0 spiro atoms. The van der Waals surface area contributed by atoms with E-state index in [1.165, 1.54) is 0 Å². The van der Waals surface area contributed by atoms with Crippen LogP contribution in [0.5, 0.6) is 0 Å². The Bertz CT molecular complexity index is 415. The lowest BCUT2D eigenvalue weighted by atomic mass is 10.1. The fraction of sp³-hybridized carbons (Fsp3) is 0.417. The summed E-state index contributed by atoms with van der Waals surface area (Å²) in [5.41, 5.74) is 1.40. The van der Waals surface area contributed by atoms with Crippen LogP contribution in [-0.2, 0) is 0 Å². The van der Waals surface area contributed by atoms with Gasteiger partial charge in [0.1, 0.15) is 6.07 Å². The minimum atomic E-state index is 0.100. The third-order valence-corrected chi connectivity index (χ3v) is 4.18. The number of thioether (sulfide) groups is 1. The van der Waals surface area contributed by atoms with Gasteiger partial charge in [0.15, 0.2) is 0 Å². The number of anilines is 1. The zero-order chi connectivity index (χ0) is 12.8. The molecule has 1 aromatic carbocycles. The molecule has 0 fully saturated rings. The smallest absolute Gasteiger partial charge is 0.101 e. The van der Waals surface area contributed by atoms with Crippen LogP contribution >= 0.6 is 27.7 Å². The molecule has 0 bridgehead atoms. The molecule has 0 saturated carbocycles. The summed E-state index contributed by atoms with van der Waals surface area (Å²) in [5.74, 6) is 0. The van der Waals surface area contributed by atoms with Gasteiger partial charge >= 0.3 is 0 Å². The van der Waals surface area contributed by atoms with Crippen LogP contribution in [0.2, 0.25) is 0 Å². The molecular formula is C12H15BrN2OS. The predicted molar refractivity (Wildman–Crippen MR) is 76.3 cm³/mol. The van der Waals surface area contributed by atoms with Crippen LogP contribution in [0, 0.1) is 11.3 Å². The van der Waals surface area contributed by atoms with Crippen molar-refractivity contribution in [1.29, 1.82) is 5.26 Å². The Morgan fingerprint density at radius 2 is 2.29 bits per heavy atom. The highest BCUT2D eigenvalue weighted by atomic mass is 79.9. The molecule has 0 aliphatic carbocycles. The van der Waals surface area contributed by atoms with Crippen molar-refractivity contribution in [3.63, 3.8) is 0 Å². The maximum absolute atomic E-state index is 9.21. The van der Waals surface area contributed by atoms with E-state index in [1.807, 2.05) is 25.3 Å². The van der Waals surface area contributed by atoms with Gasteiger partial charge in [-0.05, 0) is 31.4 Å². The molecule has 1 aromatic rings. The van der Waals surface area contributed by atoms with Gasteiger partial charge in [-0.3, -0.25) is 0 Å². The van der Waals surface area contributed by atoms with E-state index in [4.69, 9.17) is 5.26 Å². The number of nitriles is 1. The first kappa shape index (κ1) is 14.4. The zero-order valence-corrected chi connectivity index (χ0v) is 12.2. The molecule has 17 heavy (non-hydrogen) atoms. The van der Waals surface area contributed by atoms with Gasteiger partial charge in [-0.15, -0.1) is 0 Å². The first-order valence-corrected chi connectivity index (χ1v) is 7.30. The molecule has 0 aromatic heterocycles. The minimum absolute atomic E-state index is 0.100. The Kier molecular flexibility index (Phi) is 5.83. The monoisotopic (exact) mass is 314 g/mol. The van der Waals surface area contributed by atoms with Crippen LogP contribution in [0.4, 0.5) is 5.69 Å². The fourth-order valence-corrected chi connectivity index (χ4v) is 2.50. The van der Waals surface area contributed by atoms with Crippen molar-refractivity contribution in [2.75, 3.05) is 18.2 Å². The van der Waals surface area contributed by atoms with Crippen molar-refractivity contribution in [1.82, 2.24) is 0 Å². The Hall–Kier alpha value is -0.700. The van der Waals surface area contributed by atoms with Gasteiger partial charge in [-0.1, -0.05) is 15.9 Å². The van der Waals surface area contributed by atoms with Gasteiger partial charge in [-0.2, -0.15) is 17.0 Å². The van der Waals surface area contributed by atoms with Crippen molar-refractivity contribution in [3.05, 3.63) is 28.2 Å². The minimum Gasteiger partial charge on any atom is -0.395 e. The number of rotatable bonds is 5. The Morgan fingerprint density at radius 1 is 1.59 bits per heavy atom. The molecule has 0 saturated heterocycles. The molecule has 2 unspecified atom stereocenters. The van der Waals surface area contributed by atoms with Crippen LogP contribution in [0.1, 0.15) is 12.5 Å². The molecule has 2 atom stereocenters. The first-order valence-electron chi connectivity index (χ1n) is 5.22. The van der Waals surface area contributed by atoms with Crippen molar-refractivity contribution in [2.45, 2.75) is 18.2 Å². The summed E-state index contributed by atoms with van der Waals surface area (Å²) in [7, 11) is 0.